The van der Waals surface area contributed by atoms with Gasteiger partial charge < -0.3 is 10.4 Å². The van der Waals surface area contributed by atoms with E-state index < -0.39 is 11.4 Å². The van der Waals surface area contributed by atoms with Crippen LogP contribution in [0.2, 0.25) is 0 Å². The Labute approximate surface area is 114 Å². The molecule has 1 saturated carbocycles. The van der Waals surface area contributed by atoms with E-state index in [0.717, 1.165) is 10.0 Å². The van der Waals surface area contributed by atoms with Crippen molar-refractivity contribution in [1.82, 2.24) is 5.32 Å². The van der Waals surface area contributed by atoms with Gasteiger partial charge in [-0.25, -0.2) is 0 Å². The Morgan fingerprint density at radius 3 is 2.39 bits per heavy atom. The lowest BCUT2D eigenvalue weighted by atomic mass is 10.1. The number of nitrogens with one attached hydrogen (secondary N) is 1. The number of carbonyl (C=O) groups is 2. The normalized spacial score (nSPS) is 16.1. The first-order chi connectivity index (χ1) is 8.54. The van der Waals surface area contributed by atoms with Crippen molar-refractivity contribution in [3.8, 4) is 0 Å². The van der Waals surface area contributed by atoms with Crippen molar-refractivity contribution in [3.63, 3.8) is 0 Å². The average Bonchev–Trinajstić information content (AvgIpc) is 3.13. The predicted octanol–water partition coefficient (Wildman–Crippen LogP) is 1.97. The van der Waals surface area contributed by atoms with E-state index in [1.165, 1.54) is 0 Å². The Bertz CT molecular complexity index is 466. The number of rotatable bonds is 5. The third-order valence-corrected chi connectivity index (χ3v) is 3.74. The molecule has 5 heteroatoms. The van der Waals surface area contributed by atoms with Crippen LogP contribution in [-0.2, 0) is 16.0 Å². The van der Waals surface area contributed by atoms with E-state index in [2.05, 4.69) is 21.2 Å². The number of carboxylic acids is 1. The highest BCUT2D eigenvalue weighted by Crippen LogP contribution is 2.45. The highest BCUT2D eigenvalue weighted by molar-refractivity contribution is 9.10. The van der Waals surface area contributed by atoms with Crippen LogP contribution in [0, 0.1) is 5.41 Å². The van der Waals surface area contributed by atoms with Gasteiger partial charge in [0.2, 0.25) is 5.91 Å². The van der Waals surface area contributed by atoms with Crippen LogP contribution < -0.4 is 5.32 Å². The van der Waals surface area contributed by atoms with E-state index >= 15 is 0 Å². The van der Waals surface area contributed by atoms with Crippen molar-refractivity contribution >= 4 is 27.8 Å². The summed E-state index contributed by atoms with van der Waals surface area (Å²) in [5, 5.41) is 11.7. The molecule has 1 fully saturated rings. The van der Waals surface area contributed by atoms with Gasteiger partial charge >= 0.3 is 5.97 Å². The van der Waals surface area contributed by atoms with Crippen molar-refractivity contribution in [2.45, 2.75) is 19.3 Å². The molecule has 0 atom stereocenters. The second-order valence-corrected chi connectivity index (χ2v) is 5.44. The SMILES string of the molecule is O=C(O)C1(C(=O)NCCc2ccc(Br)cc2)CC1. The summed E-state index contributed by atoms with van der Waals surface area (Å²) in [6.45, 7) is 0.468. The molecule has 2 N–H and O–H groups in total. The van der Waals surface area contributed by atoms with Gasteiger partial charge in [-0.05, 0) is 37.0 Å². The quantitative estimate of drug-likeness (QED) is 0.817. The zero-order chi connectivity index (χ0) is 13.2. The van der Waals surface area contributed by atoms with Crippen LogP contribution in [0.5, 0.6) is 0 Å². The van der Waals surface area contributed by atoms with E-state index in [9.17, 15) is 9.59 Å². The van der Waals surface area contributed by atoms with Gasteiger partial charge in [0.25, 0.3) is 0 Å². The average molecular weight is 312 g/mol. The molecule has 0 bridgehead atoms. The molecule has 1 aromatic rings. The fraction of sp³-hybridized carbons (Fsp3) is 0.385. The Morgan fingerprint density at radius 1 is 1.28 bits per heavy atom. The molecular weight excluding hydrogens is 298 g/mol. The van der Waals surface area contributed by atoms with Gasteiger partial charge in [-0.1, -0.05) is 28.1 Å². The number of hydrogen-bond acceptors (Lipinski definition) is 2. The summed E-state index contributed by atoms with van der Waals surface area (Å²) in [5.41, 5.74) is -0.0293. The molecular formula is C13H14BrNO3. The van der Waals surface area contributed by atoms with Gasteiger partial charge in [0.1, 0.15) is 5.41 Å². The van der Waals surface area contributed by atoms with Crippen molar-refractivity contribution < 1.29 is 14.7 Å². The van der Waals surface area contributed by atoms with Crippen molar-refractivity contribution in [2.75, 3.05) is 6.54 Å². The molecule has 0 unspecified atom stereocenters. The van der Waals surface area contributed by atoms with Crippen LogP contribution in [0.25, 0.3) is 0 Å². The number of benzene rings is 1. The lowest BCUT2D eigenvalue weighted by Crippen LogP contribution is -2.37. The molecule has 0 heterocycles. The van der Waals surface area contributed by atoms with Crippen molar-refractivity contribution in [1.29, 1.82) is 0 Å². The summed E-state index contributed by atoms with van der Waals surface area (Å²) < 4.78 is 1.01. The lowest BCUT2D eigenvalue weighted by molar-refractivity contribution is -0.149. The van der Waals surface area contributed by atoms with Gasteiger partial charge in [-0.15, -0.1) is 0 Å². The smallest absolute Gasteiger partial charge is 0.319 e. The Balaban J connectivity index is 1.81. The van der Waals surface area contributed by atoms with E-state index in [0.29, 0.717) is 25.8 Å². The second kappa shape index (κ2) is 5.10. The molecule has 0 radical (unpaired) electrons. The van der Waals surface area contributed by atoms with Crippen LogP contribution in [0.4, 0.5) is 0 Å². The minimum absolute atomic E-state index is 0.355. The zero-order valence-electron chi connectivity index (χ0n) is 9.78. The van der Waals surface area contributed by atoms with Gasteiger partial charge in [0, 0.05) is 11.0 Å². The minimum Gasteiger partial charge on any atom is -0.480 e. The third kappa shape index (κ3) is 2.72. The molecule has 1 aliphatic rings. The van der Waals surface area contributed by atoms with Gasteiger partial charge in [0.15, 0.2) is 0 Å². The summed E-state index contributed by atoms with van der Waals surface area (Å²) in [5.74, 6) is -1.37. The number of carboxylic acid groups (broad SMARTS) is 1. The maximum atomic E-state index is 11.7. The number of carbonyl (C=O) groups excluding carboxylic acids is 1. The molecule has 1 aliphatic carbocycles. The number of hydrogen-bond donors (Lipinski definition) is 2. The highest BCUT2D eigenvalue weighted by Gasteiger charge is 2.56. The molecule has 0 spiro atoms. The summed E-state index contributed by atoms with van der Waals surface area (Å²) >= 11 is 3.35. The molecule has 0 aliphatic heterocycles. The van der Waals surface area contributed by atoms with E-state index in [1.54, 1.807) is 0 Å². The Hall–Kier alpha value is -1.36. The van der Waals surface area contributed by atoms with E-state index in [-0.39, 0.29) is 5.91 Å². The molecule has 1 aromatic carbocycles. The summed E-state index contributed by atoms with van der Waals surface area (Å²) in [4.78, 5) is 22.6. The second-order valence-electron chi connectivity index (χ2n) is 4.52. The number of aliphatic carboxylic acids is 1. The molecule has 0 aromatic heterocycles. The molecule has 4 nitrogen and oxygen atoms in total. The van der Waals surface area contributed by atoms with Crippen molar-refractivity contribution in [3.05, 3.63) is 34.3 Å². The van der Waals surface area contributed by atoms with Gasteiger partial charge in [0.05, 0.1) is 0 Å². The summed E-state index contributed by atoms with van der Waals surface area (Å²) in [7, 11) is 0. The molecule has 18 heavy (non-hydrogen) atoms. The van der Waals surface area contributed by atoms with E-state index in [4.69, 9.17) is 5.11 Å². The van der Waals surface area contributed by atoms with E-state index in [1.807, 2.05) is 24.3 Å². The highest BCUT2D eigenvalue weighted by atomic mass is 79.9. The van der Waals surface area contributed by atoms with Crippen LogP contribution >= 0.6 is 15.9 Å². The van der Waals surface area contributed by atoms with Crippen LogP contribution in [0.15, 0.2) is 28.7 Å². The van der Waals surface area contributed by atoms with Crippen LogP contribution in [0.1, 0.15) is 18.4 Å². The Kier molecular flexibility index (Phi) is 3.71. The topological polar surface area (TPSA) is 66.4 Å². The van der Waals surface area contributed by atoms with Crippen LogP contribution in [0.3, 0.4) is 0 Å². The standard InChI is InChI=1S/C13H14BrNO3/c14-10-3-1-9(2-4-10)5-8-15-11(16)13(6-7-13)12(17)18/h1-4H,5-8H2,(H,15,16)(H,17,18). The molecule has 96 valence electrons. The minimum atomic E-state index is -1.14. The largest absolute Gasteiger partial charge is 0.480 e. The summed E-state index contributed by atoms with van der Waals surface area (Å²) in [6, 6.07) is 7.83. The first-order valence-corrected chi connectivity index (χ1v) is 6.60. The number of amides is 1. The molecule has 1 amide bonds. The maximum absolute atomic E-state index is 11.7. The fourth-order valence-electron chi connectivity index (χ4n) is 1.80. The molecule has 2 rings (SSSR count). The maximum Gasteiger partial charge on any atom is 0.319 e. The lowest BCUT2D eigenvalue weighted by Gasteiger charge is -2.10. The first-order valence-electron chi connectivity index (χ1n) is 5.81. The Morgan fingerprint density at radius 2 is 1.89 bits per heavy atom. The first kappa shape index (κ1) is 13.1. The monoisotopic (exact) mass is 311 g/mol. The number of halogens is 1. The molecule has 0 saturated heterocycles. The zero-order valence-corrected chi connectivity index (χ0v) is 11.4. The van der Waals surface area contributed by atoms with Gasteiger partial charge in [-0.2, -0.15) is 0 Å². The van der Waals surface area contributed by atoms with Gasteiger partial charge in [-0.3, -0.25) is 9.59 Å². The van der Waals surface area contributed by atoms with Crippen LogP contribution in [-0.4, -0.2) is 23.5 Å². The summed E-state index contributed by atoms with van der Waals surface area (Å²) in [6.07, 6.45) is 1.60. The predicted molar refractivity (Wildman–Crippen MR) is 70.2 cm³/mol. The third-order valence-electron chi connectivity index (χ3n) is 3.21. The fourth-order valence-corrected chi connectivity index (χ4v) is 2.07. The van der Waals surface area contributed by atoms with Crippen molar-refractivity contribution in [2.24, 2.45) is 5.41 Å².